The van der Waals surface area contributed by atoms with E-state index in [2.05, 4.69) is 10.4 Å². The van der Waals surface area contributed by atoms with E-state index in [0.717, 1.165) is 17.3 Å². The minimum absolute atomic E-state index is 0.0729. The summed E-state index contributed by atoms with van der Waals surface area (Å²) in [5.74, 6) is -2.44. The number of aromatic carboxylic acids is 1. The predicted octanol–water partition coefficient (Wildman–Crippen LogP) is 4.58. The number of fused-ring (bicyclic) bond motifs is 1. The van der Waals surface area contributed by atoms with E-state index in [0.29, 0.717) is 17.6 Å². The number of benzene rings is 3. The van der Waals surface area contributed by atoms with E-state index < -0.39 is 28.7 Å². The van der Waals surface area contributed by atoms with Gasteiger partial charge in [0.1, 0.15) is 17.1 Å². The van der Waals surface area contributed by atoms with Crippen molar-refractivity contribution >= 4 is 46.1 Å². The van der Waals surface area contributed by atoms with Crippen molar-refractivity contribution in [3.05, 3.63) is 111 Å². The second-order valence-corrected chi connectivity index (χ2v) is 9.38. The quantitative estimate of drug-likeness (QED) is 0.333. The van der Waals surface area contributed by atoms with Crippen LogP contribution in [0.4, 0.5) is 15.8 Å². The van der Waals surface area contributed by atoms with Crippen molar-refractivity contribution in [3.8, 4) is 0 Å². The molecule has 1 aliphatic heterocycles. The fourth-order valence-electron chi connectivity index (χ4n) is 4.46. The van der Waals surface area contributed by atoms with Crippen LogP contribution < -0.4 is 15.8 Å². The van der Waals surface area contributed by atoms with Crippen molar-refractivity contribution in [3.63, 3.8) is 0 Å². The number of amidine groups is 1. The number of carboxylic acid groups (broad SMARTS) is 1. The Morgan fingerprint density at radius 2 is 1.77 bits per heavy atom. The molecule has 0 saturated carbocycles. The van der Waals surface area contributed by atoms with E-state index in [1.165, 1.54) is 17.3 Å². The molecule has 0 unspecified atom stereocenters. The minimum Gasteiger partial charge on any atom is -0.477 e. The van der Waals surface area contributed by atoms with Gasteiger partial charge < -0.3 is 14.6 Å². The number of aliphatic imine (C=N–C) groups is 1. The minimum atomic E-state index is -1.39. The molecule has 4 aromatic rings. The normalized spacial score (nSPS) is 14.1. The van der Waals surface area contributed by atoms with Crippen LogP contribution in [0.25, 0.3) is 17.0 Å². The Hall–Kier alpha value is -5.25. The average Bonchev–Trinajstić information content (AvgIpc) is 3.24. The molecule has 5 rings (SSSR count). The molecule has 9 nitrogen and oxygen atoms in total. The lowest BCUT2D eigenvalue weighted by Gasteiger charge is -2.21. The van der Waals surface area contributed by atoms with Crippen LogP contribution in [0.5, 0.6) is 0 Å². The van der Waals surface area contributed by atoms with Crippen molar-refractivity contribution in [1.29, 1.82) is 0 Å². The molecule has 2 N–H and O–H groups in total. The Balaban J connectivity index is 1.58. The van der Waals surface area contributed by atoms with Crippen molar-refractivity contribution < 1.29 is 19.1 Å². The van der Waals surface area contributed by atoms with Gasteiger partial charge in [-0.25, -0.2) is 14.2 Å². The van der Waals surface area contributed by atoms with Crippen molar-refractivity contribution in [2.45, 2.75) is 13.5 Å². The summed E-state index contributed by atoms with van der Waals surface area (Å²) in [7, 11) is 3.87. The highest BCUT2D eigenvalue weighted by molar-refractivity contribution is 6.20. The first-order valence-corrected chi connectivity index (χ1v) is 12.5. The van der Waals surface area contributed by atoms with Crippen molar-refractivity contribution in [2.75, 3.05) is 24.4 Å². The number of aryl methyl sites for hydroxylation is 1. The zero-order chi connectivity index (χ0) is 28.6. The highest BCUT2D eigenvalue weighted by Crippen LogP contribution is 2.27. The van der Waals surface area contributed by atoms with E-state index >= 15 is 4.39 Å². The van der Waals surface area contributed by atoms with E-state index in [9.17, 15) is 19.5 Å². The second kappa shape index (κ2) is 10.5. The number of carbonyl (C=O) groups is 2. The number of carboxylic acids is 1. The number of hydrogen-bond acceptors (Lipinski definition) is 6. The van der Waals surface area contributed by atoms with Crippen LogP contribution in [0.1, 0.15) is 28.4 Å². The molecule has 10 heteroatoms. The summed E-state index contributed by atoms with van der Waals surface area (Å²) in [5, 5.41) is 10.5. The lowest BCUT2D eigenvalue weighted by Crippen LogP contribution is -2.38. The number of anilines is 2. The fourth-order valence-corrected chi connectivity index (χ4v) is 4.46. The van der Waals surface area contributed by atoms with Gasteiger partial charge in [0.2, 0.25) is 5.43 Å². The molecule has 0 bridgehead atoms. The molecule has 1 aliphatic rings. The second-order valence-electron chi connectivity index (χ2n) is 9.38. The summed E-state index contributed by atoms with van der Waals surface area (Å²) >= 11 is 0. The SMILES string of the molecule is CCn1cc(C(=O)O)c(=O)c2cc(F)c(NN3C(=O)C(=Cc4ccc(N(C)C)cc4)N=C3c3ccccc3)cc21. The third kappa shape index (κ3) is 4.82. The molecule has 0 radical (unpaired) electrons. The largest absolute Gasteiger partial charge is 0.477 e. The van der Waals surface area contributed by atoms with E-state index in [4.69, 9.17) is 0 Å². The van der Waals surface area contributed by atoms with Gasteiger partial charge in [-0.1, -0.05) is 42.5 Å². The maximum Gasteiger partial charge on any atom is 0.341 e. The first-order chi connectivity index (χ1) is 19.2. The lowest BCUT2D eigenvalue weighted by atomic mass is 10.1. The van der Waals surface area contributed by atoms with Gasteiger partial charge >= 0.3 is 5.97 Å². The van der Waals surface area contributed by atoms with Crippen LogP contribution in [0, 0.1) is 5.82 Å². The van der Waals surface area contributed by atoms with Crippen LogP contribution in [-0.2, 0) is 11.3 Å². The lowest BCUT2D eigenvalue weighted by molar-refractivity contribution is -0.121. The Morgan fingerprint density at radius 3 is 2.40 bits per heavy atom. The number of hydrazine groups is 1. The molecule has 1 amide bonds. The smallest absolute Gasteiger partial charge is 0.341 e. The van der Waals surface area contributed by atoms with Gasteiger partial charge in [0.25, 0.3) is 5.91 Å². The summed E-state index contributed by atoms with van der Waals surface area (Å²) in [4.78, 5) is 44.4. The number of nitrogens with zero attached hydrogens (tertiary/aromatic N) is 4. The van der Waals surface area contributed by atoms with Crippen LogP contribution in [0.2, 0.25) is 0 Å². The third-order valence-corrected chi connectivity index (χ3v) is 6.58. The highest BCUT2D eigenvalue weighted by atomic mass is 19.1. The Kier molecular flexibility index (Phi) is 6.91. The molecule has 0 aliphatic carbocycles. The molecular formula is C30H26FN5O4. The van der Waals surface area contributed by atoms with E-state index in [1.54, 1.807) is 41.8 Å². The number of nitrogens with one attached hydrogen (secondary N) is 1. The summed E-state index contributed by atoms with van der Waals surface area (Å²) in [6.07, 6.45) is 2.89. The zero-order valence-corrected chi connectivity index (χ0v) is 22.1. The molecule has 0 fully saturated rings. The molecule has 3 aromatic carbocycles. The zero-order valence-electron chi connectivity index (χ0n) is 22.1. The molecule has 1 aromatic heterocycles. The fraction of sp³-hybridized carbons (Fsp3) is 0.133. The van der Waals surface area contributed by atoms with Crippen LogP contribution >= 0.6 is 0 Å². The monoisotopic (exact) mass is 539 g/mol. The maximum absolute atomic E-state index is 15.4. The van der Waals surface area contributed by atoms with Crippen LogP contribution in [-0.4, -0.2) is 46.5 Å². The number of carbonyl (C=O) groups excluding carboxylic acids is 1. The van der Waals surface area contributed by atoms with Crippen LogP contribution in [0.3, 0.4) is 0 Å². The molecule has 0 spiro atoms. The molecule has 0 saturated heterocycles. The van der Waals surface area contributed by atoms with Gasteiger partial charge in [-0.2, -0.15) is 5.01 Å². The number of rotatable bonds is 7. The predicted molar refractivity (Wildman–Crippen MR) is 153 cm³/mol. The van der Waals surface area contributed by atoms with E-state index in [1.807, 2.05) is 49.3 Å². The maximum atomic E-state index is 15.4. The standard InChI is InChI=1S/C30H26FN5O4/c1-4-35-17-22(30(39)40)27(37)21-15-23(31)24(16-26(21)35)33-36-28(19-8-6-5-7-9-19)32-25(29(36)38)14-18-10-12-20(13-11-18)34(2)3/h5-17,33H,4H2,1-3H3,(H,39,40). The first-order valence-electron chi connectivity index (χ1n) is 12.5. The van der Waals surface area contributed by atoms with Gasteiger partial charge in [-0.15, -0.1) is 0 Å². The number of aromatic nitrogens is 1. The van der Waals surface area contributed by atoms with Gasteiger partial charge in [0, 0.05) is 43.5 Å². The van der Waals surface area contributed by atoms with Gasteiger partial charge in [0.05, 0.1) is 11.2 Å². The Morgan fingerprint density at radius 1 is 1.07 bits per heavy atom. The molecule has 40 heavy (non-hydrogen) atoms. The highest BCUT2D eigenvalue weighted by Gasteiger charge is 2.32. The molecule has 0 atom stereocenters. The molecule has 2 heterocycles. The summed E-state index contributed by atoms with van der Waals surface area (Å²) < 4.78 is 16.9. The topological polar surface area (TPSA) is 107 Å². The summed E-state index contributed by atoms with van der Waals surface area (Å²) in [6, 6.07) is 19.0. The average molecular weight is 540 g/mol. The van der Waals surface area contributed by atoms with Gasteiger partial charge in [-0.3, -0.25) is 15.0 Å². The Bertz CT molecular complexity index is 1760. The van der Waals surface area contributed by atoms with E-state index in [-0.39, 0.29) is 22.6 Å². The first kappa shape index (κ1) is 26.4. The number of halogens is 1. The number of hydrogen-bond donors (Lipinski definition) is 2. The van der Waals surface area contributed by atoms with Crippen LogP contribution in [0.15, 0.2) is 88.4 Å². The molecule has 202 valence electrons. The number of pyridine rings is 1. The van der Waals surface area contributed by atoms with Gasteiger partial charge in [-0.05, 0) is 42.8 Å². The summed E-state index contributed by atoms with van der Waals surface area (Å²) in [5.41, 5.74) is 4.42. The van der Waals surface area contributed by atoms with Crippen molar-refractivity contribution in [2.24, 2.45) is 4.99 Å². The van der Waals surface area contributed by atoms with Crippen molar-refractivity contribution in [1.82, 2.24) is 9.58 Å². The third-order valence-electron chi connectivity index (χ3n) is 6.58. The number of amides is 1. The summed E-state index contributed by atoms with van der Waals surface area (Å²) in [6.45, 7) is 2.11. The van der Waals surface area contributed by atoms with Gasteiger partial charge in [0.15, 0.2) is 5.84 Å². The molecular weight excluding hydrogens is 513 g/mol. The Labute approximate surface area is 229 Å².